The number of aliphatic hydroxyl groups is 1. The molecule has 1 radical (unpaired) electrons. The number of carboxylic acid groups (broad SMARTS) is 1. The molecule has 0 saturated carbocycles. The molecule has 0 aromatic carbocycles. The number of hydrogen-bond acceptors (Lipinski definition) is 6. The average Bonchev–Trinajstić information content (AvgIpc) is 2.62. The van der Waals surface area contributed by atoms with Crippen LogP contribution in [0.4, 0.5) is 0 Å². The van der Waals surface area contributed by atoms with Crippen LogP contribution in [0.1, 0.15) is 19.3 Å². The fourth-order valence-electron chi connectivity index (χ4n) is 0.736. The molecule has 0 aliphatic heterocycles. The molecule has 0 atom stereocenters. The van der Waals surface area contributed by atoms with Crippen molar-refractivity contribution in [1.82, 2.24) is 0 Å². The van der Waals surface area contributed by atoms with E-state index in [0.717, 1.165) is 0 Å². The first kappa shape index (κ1) is 38.4. The minimum absolute atomic E-state index is 0. The second kappa shape index (κ2) is 43.1. The van der Waals surface area contributed by atoms with Crippen LogP contribution in [-0.4, -0.2) is 47.9 Å². The van der Waals surface area contributed by atoms with Crippen LogP contribution in [0.2, 0.25) is 0 Å². The molecule has 0 aliphatic carbocycles. The summed E-state index contributed by atoms with van der Waals surface area (Å²) in [6, 6.07) is 0. The van der Waals surface area contributed by atoms with Gasteiger partial charge in [0.05, 0.1) is 25.9 Å². The van der Waals surface area contributed by atoms with Crippen molar-refractivity contribution in [3.8, 4) is 0 Å². The van der Waals surface area contributed by atoms with E-state index in [4.69, 9.17) is 28.8 Å². The predicted molar refractivity (Wildman–Crippen MR) is 66.2 cm³/mol. The number of hydrogen-bond donors (Lipinski definition) is 2. The molecule has 0 saturated heterocycles. The van der Waals surface area contributed by atoms with Crippen molar-refractivity contribution in [2.24, 2.45) is 0 Å². The van der Waals surface area contributed by atoms with Crippen molar-refractivity contribution < 1.29 is 69.5 Å². The van der Waals surface area contributed by atoms with Crippen molar-refractivity contribution in [3.63, 3.8) is 0 Å². The Morgan fingerprint density at radius 1 is 0.720 bits per heavy atom. The molecule has 25 heavy (non-hydrogen) atoms. The maximum absolute atomic E-state index is 10.9. The SMILES string of the molecule is O=C(O)CCOC(=O)CCOC(=O)CCO.[C-]#[O+].[C-]#[O+].[C-]#[O+].[C-]#[O+].[Co]. The molecular formula is C13H14CoO11. The van der Waals surface area contributed by atoms with Gasteiger partial charge in [-0.3, -0.25) is 14.4 Å². The summed E-state index contributed by atoms with van der Waals surface area (Å²) in [5, 5.41) is 16.6. The number of esters is 2. The van der Waals surface area contributed by atoms with Gasteiger partial charge in [0.25, 0.3) is 0 Å². The van der Waals surface area contributed by atoms with Crippen LogP contribution in [0.5, 0.6) is 0 Å². The zero-order chi connectivity index (χ0) is 20.4. The van der Waals surface area contributed by atoms with E-state index in [-0.39, 0.29) is 55.9 Å². The fraction of sp³-hybridized carbons (Fsp3) is 0.462. The Labute approximate surface area is 153 Å². The van der Waals surface area contributed by atoms with Gasteiger partial charge in [-0.15, -0.1) is 0 Å². The topological polar surface area (TPSA) is 190 Å². The first-order valence-corrected chi connectivity index (χ1v) is 5.51. The molecule has 0 heterocycles. The molecule has 2 N–H and O–H groups in total. The van der Waals surface area contributed by atoms with Gasteiger partial charge in [-0.2, -0.15) is 0 Å². The number of carbonyl (C=O) groups is 3. The maximum Gasteiger partial charge on any atom is 0 e. The Bertz CT molecular complexity index is 374. The largest absolute Gasteiger partial charge is 0 e. The molecule has 0 unspecified atom stereocenters. The van der Waals surface area contributed by atoms with Crippen LogP contribution in [0.25, 0.3) is 0 Å². The molecule has 0 aromatic rings. The molecule has 0 spiro atoms. The van der Waals surface area contributed by atoms with Crippen molar-refractivity contribution in [2.75, 3.05) is 19.8 Å². The smallest absolute Gasteiger partial charge is 0 e. The molecule has 0 fully saturated rings. The zero-order valence-electron chi connectivity index (χ0n) is 12.6. The summed E-state index contributed by atoms with van der Waals surface area (Å²) >= 11 is 0. The van der Waals surface area contributed by atoms with Crippen LogP contribution < -0.4 is 0 Å². The van der Waals surface area contributed by atoms with Gasteiger partial charge < -0.3 is 19.7 Å². The van der Waals surface area contributed by atoms with E-state index < -0.39 is 17.9 Å². The number of rotatable bonds is 8. The first-order valence-electron chi connectivity index (χ1n) is 5.51. The summed E-state index contributed by atoms with van der Waals surface area (Å²) in [6.45, 7) is 17.4. The van der Waals surface area contributed by atoms with Gasteiger partial charge in [-0.25, -0.2) is 0 Å². The van der Waals surface area contributed by atoms with Crippen LogP contribution in [0, 0.1) is 26.6 Å². The van der Waals surface area contributed by atoms with Gasteiger partial charge in [0, 0.05) is 16.8 Å². The van der Waals surface area contributed by atoms with E-state index in [1.54, 1.807) is 0 Å². The van der Waals surface area contributed by atoms with Crippen LogP contribution in [-0.2, 0) is 59.2 Å². The normalized spacial score (nSPS) is 6.44. The average molecular weight is 405 g/mol. The van der Waals surface area contributed by atoms with E-state index in [1.165, 1.54) is 0 Å². The van der Waals surface area contributed by atoms with Gasteiger partial charge in [-0.05, 0) is 0 Å². The number of ether oxygens (including phenoxy) is 2. The van der Waals surface area contributed by atoms with Gasteiger partial charge >= 0.3 is 63.1 Å². The van der Waals surface area contributed by atoms with Crippen LogP contribution >= 0.6 is 0 Å². The predicted octanol–water partition coefficient (Wildman–Crippen LogP) is -0.833. The molecule has 0 rings (SSSR count). The van der Waals surface area contributed by atoms with E-state index in [1.807, 2.05) is 0 Å². The summed E-state index contributed by atoms with van der Waals surface area (Å²) in [6.07, 6.45) is -0.499. The minimum atomic E-state index is -1.05. The third kappa shape index (κ3) is 52.1. The Balaban J connectivity index is -0.0000000874. The number of carboxylic acids is 1. The Morgan fingerprint density at radius 3 is 1.36 bits per heavy atom. The molecule has 0 aliphatic rings. The summed E-state index contributed by atoms with van der Waals surface area (Å²) < 4.78 is 39.1. The monoisotopic (exact) mass is 405 g/mol. The summed E-state index contributed by atoms with van der Waals surface area (Å²) in [5.41, 5.74) is 0. The molecule has 0 bridgehead atoms. The van der Waals surface area contributed by atoms with E-state index in [2.05, 4.69) is 36.1 Å². The zero-order valence-corrected chi connectivity index (χ0v) is 13.7. The standard InChI is InChI=1S/C9H14O7.4CO.Co/c10-4-1-8(13)16-6-3-9(14)15-5-2-7(11)12;4*1-2;/h10H,1-6H2,(H,11,12);;;;;. The summed E-state index contributed by atoms with van der Waals surface area (Å²) in [7, 11) is 0. The van der Waals surface area contributed by atoms with E-state index >= 15 is 0 Å². The molecule has 0 amide bonds. The van der Waals surface area contributed by atoms with Crippen molar-refractivity contribution in [3.05, 3.63) is 26.6 Å². The summed E-state index contributed by atoms with van der Waals surface area (Å²) in [4.78, 5) is 31.7. The number of carbonyl (C=O) groups excluding carboxylic acids is 2. The number of aliphatic carboxylic acids is 1. The van der Waals surface area contributed by atoms with Gasteiger partial charge in [0.1, 0.15) is 13.2 Å². The fourth-order valence-corrected chi connectivity index (χ4v) is 0.736. The van der Waals surface area contributed by atoms with Gasteiger partial charge in [-0.1, -0.05) is 0 Å². The minimum Gasteiger partial charge on any atom is 0 e. The second-order valence-electron chi connectivity index (χ2n) is 2.81. The number of aliphatic hydroxyl groups excluding tert-OH is 1. The van der Waals surface area contributed by atoms with E-state index in [0.29, 0.717) is 0 Å². The molecule has 12 heteroatoms. The van der Waals surface area contributed by atoms with Crippen molar-refractivity contribution in [1.29, 1.82) is 0 Å². The Hall–Kier alpha value is -2.16. The van der Waals surface area contributed by atoms with Crippen LogP contribution in [0.15, 0.2) is 0 Å². The van der Waals surface area contributed by atoms with E-state index in [9.17, 15) is 14.4 Å². The molecule has 141 valence electrons. The molecule has 11 nitrogen and oxygen atoms in total. The molecule has 0 aromatic heterocycles. The van der Waals surface area contributed by atoms with Crippen molar-refractivity contribution in [2.45, 2.75) is 19.3 Å². The molecular weight excluding hydrogens is 391 g/mol. The summed E-state index contributed by atoms with van der Waals surface area (Å²) in [5.74, 6) is -2.28. The third-order valence-corrected chi connectivity index (χ3v) is 1.46. The third-order valence-electron chi connectivity index (χ3n) is 1.46. The van der Waals surface area contributed by atoms with Gasteiger partial charge in [0.15, 0.2) is 0 Å². The first-order chi connectivity index (χ1) is 11.6. The Kier molecular flexibility index (Phi) is 66.2. The van der Waals surface area contributed by atoms with Gasteiger partial charge in [0.2, 0.25) is 0 Å². The van der Waals surface area contributed by atoms with Crippen LogP contribution in [0.3, 0.4) is 0 Å². The Morgan fingerprint density at radius 2 is 1.04 bits per heavy atom. The maximum atomic E-state index is 10.9. The quantitative estimate of drug-likeness (QED) is 0.299. The second-order valence-corrected chi connectivity index (χ2v) is 2.81. The van der Waals surface area contributed by atoms with Crippen molar-refractivity contribution >= 4 is 17.9 Å².